The van der Waals surface area contributed by atoms with Crippen LogP contribution in [0, 0.1) is 12.7 Å². The molecule has 0 radical (unpaired) electrons. The van der Waals surface area contributed by atoms with Crippen LogP contribution in [0.15, 0.2) is 36.7 Å². The van der Waals surface area contributed by atoms with Crippen molar-refractivity contribution in [1.82, 2.24) is 14.8 Å². The van der Waals surface area contributed by atoms with Crippen molar-refractivity contribution in [2.24, 2.45) is 0 Å². The van der Waals surface area contributed by atoms with Crippen LogP contribution in [0.4, 0.5) is 10.2 Å². The smallest absolute Gasteiger partial charge is 0.159 e. The summed E-state index contributed by atoms with van der Waals surface area (Å²) in [5.41, 5.74) is 2.13. The van der Waals surface area contributed by atoms with Crippen molar-refractivity contribution in [2.45, 2.75) is 13.3 Å². The summed E-state index contributed by atoms with van der Waals surface area (Å²) in [5.74, 6) is 0.576. The van der Waals surface area contributed by atoms with Gasteiger partial charge in [-0.2, -0.15) is 0 Å². The molecule has 6 heteroatoms. The monoisotopic (exact) mass is 326 g/mol. The lowest BCUT2D eigenvalue weighted by Gasteiger charge is -2.19. The predicted octanol–water partition coefficient (Wildman–Crippen LogP) is 3.09. The van der Waals surface area contributed by atoms with Crippen LogP contribution in [-0.4, -0.2) is 41.1 Å². The maximum Gasteiger partial charge on any atom is 0.159 e. The van der Waals surface area contributed by atoms with Gasteiger partial charge in [0.15, 0.2) is 5.82 Å². The van der Waals surface area contributed by atoms with E-state index in [1.54, 1.807) is 23.1 Å². The van der Waals surface area contributed by atoms with E-state index in [0.717, 1.165) is 48.4 Å². The minimum absolute atomic E-state index is 0.283. The number of hydrogen-bond donors (Lipinski definition) is 0. The Balaban J connectivity index is 1.87. The predicted molar refractivity (Wildman–Crippen MR) is 91.2 cm³/mol. The van der Waals surface area contributed by atoms with Crippen LogP contribution in [0.3, 0.4) is 0 Å². The van der Waals surface area contributed by atoms with Crippen molar-refractivity contribution >= 4 is 16.7 Å². The fourth-order valence-corrected chi connectivity index (χ4v) is 3.11. The molecule has 5 nitrogen and oxygen atoms in total. The largest absolute Gasteiger partial charge is 0.380 e. The molecule has 0 saturated carbocycles. The number of aryl methyl sites for hydroxylation is 1. The van der Waals surface area contributed by atoms with Gasteiger partial charge in [0.2, 0.25) is 0 Å². The molecule has 0 spiro atoms. The number of benzene rings is 1. The van der Waals surface area contributed by atoms with E-state index in [-0.39, 0.29) is 5.82 Å². The number of hydrogen-bond acceptors (Lipinski definition) is 4. The average molecular weight is 326 g/mol. The van der Waals surface area contributed by atoms with Gasteiger partial charge in [-0.25, -0.2) is 9.07 Å². The molecule has 1 aliphatic heterocycles. The van der Waals surface area contributed by atoms with Gasteiger partial charge >= 0.3 is 0 Å². The third-order valence-electron chi connectivity index (χ3n) is 4.32. The maximum atomic E-state index is 14.5. The summed E-state index contributed by atoms with van der Waals surface area (Å²) in [6, 6.07) is 7.12. The van der Waals surface area contributed by atoms with Gasteiger partial charge in [0.25, 0.3) is 0 Å². The molecule has 0 aliphatic carbocycles. The Morgan fingerprint density at radius 1 is 1.17 bits per heavy atom. The van der Waals surface area contributed by atoms with E-state index in [2.05, 4.69) is 9.88 Å². The Morgan fingerprint density at radius 3 is 2.96 bits per heavy atom. The summed E-state index contributed by atoms with van der Waals surface area (Å²) in [6.45, 7) is 4.98. The molecule has 0 bridgehead atoms. The van der Waals surface area contributed by atoms with Crippen molar-refractivity contribution in [3.05, 3.63) is 48.0 Å². The first-order valence-corrected chi connectivity index (χ1v) is 8.16. The van der Waals surface area contributed by atoms with Gasteiger partial charge in [-0.1, -0.05) is 6.07 Å². The number of pyridine rings is 1. The SMILES string of the molecule is Cc1ccc(-n2nc(N3CCCOCC3)c3ccncc32)c(F)c1. The molecule has 1 saturated heterocycles. The molecule has 0 atom stereocenters. The fourth-order valence-electron chi connectivity index (χ4n) is 3.11. The number of halogens is 1. The van der Waals surface area contributed by atoms with E-state index in [9.17, 15) is 4.39 Å². The first kappa shape index (κ1) is 15.1. The second-order valence-corrected chi connectivity index (χ2v) is 6.04. The van der Waals surface area contributed by atoms with Gasteiger partial charge in [-0.15, -0.1) is 5.10 Å². The van der Waals surface area contributed by atoms with Crippen LogP contribution in [0.5, 0.6) is 0 Å². The first-order valence-electron chi connectivity index (χ1n) is 8.16. The second kappa shape index (κ2) is 6.20. The van der Waals surface area contributed by atoms with Gasteiger partial charge in [-0.3, -0.25) is 4.98 Å². The van der Waals surface area contributed by atoms with Crippen molar-refractivity contribution in [3.63, 3.8) is 0 Å². The lowest BCUT2D eigenvalue weighted by atomic mass is 10.2. The standard InChI is InChI=1S/C18H19FN4O/c1-13-3-4-16(15(19)11-13)23-17-12-20-6-5-14(17)18(21-23)22-7-2-9-24-10-8-22/h3-6,11-12H,2,7-10H2,1H3. The third-order valence-corrected chi connectivity index (χ3v) is 4.32. The third kappa shape index (κ3) is 2.63. The Kier molecular flexibility index (Phi) is 3.90. The van der Waals surface area contributed by atoms with Crippen LogP contribution in [-0.2, 0) is 4.74 Å². The van der Waals surface area contributed by atoms with E-state index in [1.165, 1.54) is 6.07 Å². The molecule has 4 rings (SSSR count). The maximum absolute atomic E-state index is 14.5. The zero-order valence-electron chi connectivity index (χ0n) is 13.6. The van der Waals surface area contributed by atoms with E-state index in [1.807, 2.05) is 19.1 Å². The second-order valence-electron chi connectivity index (χ2n) is 6.04. The Bertz CT molecular complexity index is 869. The number of rotatable bonds is 2. The van der Waals surface area contributed by atoms with Gasteiger partial charge in [0.1, 0.15) is 11.5 Å². The minimum Gasteiger partial charge on any atom is -0.380 e. The Morgan fingerprint density at radius 2 is 2.08 bits per heavy atom. The summed E-state index contributed by atoms with van der Waals surface area (Å²) >= 11 is 0. The van der Waals surface area contributed by atoms with Crippen molar-refractivity contribution < 1.29 is 9.13 Å². The molecule has 3 aromatic rings. The summed E-state index contributed by atoms with van der Waals surface area (Å²) < 4.78 is 21.7. The highest BCUT2D eigenvalue weighted by atomic mass is 19.1. The Labute approximate surface area is 139 Å². The molecule has 1 fully saturated rings. The van der Waals surface area contributed by atoms with Gasteiger partial charge < -0.3 is 9.64 Å². The number of aromatic nitrogens is 3. The fraction of sp³-hybridized carbons (Fsp3) is 0.333. The molecule has 0 amide bonds. The molecule has 3 heterocycles. The summed E-state index contributed by atoms with van der Waals surface area (Å²) in [5, 5.41) is 5.70. The number of nitrogens with zero attached hydrogens (tertiary/aromatic N) is 4. The molecule has 2 aromatic heterocycles. The zero-order valence-corrected chi connectivity index (χ0v) is 13.6. The minimum atomic E-state index is -0.283. The normalized spacial score (nSPS) is 15.7. The van der Waals surface area contributed by atoms with Crippen LogP contribution in [0.1, 0.15) is 12.0 Å². The lowest BCUT2D eigenvalue weighted by Crippen LogP contribution is -2.26. The molecule has 0 unspecified atom stereocenters. The molecule has 1 aromatic carbocycles. The van der Waals surface area contributed by atoms with Crippen molar-refractivity contribution in [1.29, 1.82) is 0 Å². The highest BCUT2D eigenvalue weighted by Gasteiger charge is 2.20. The lowest BCUT2D eigenvalue weighted by molar-refractivity contribution is 0.152. The van der Waals surface area contributed by atoms with Gasteiger partial charge in [-0.05, 0) is 37.1 Å². The van der Waals surface area contributed by atoms with Gasteiger partial charge in [0, 0.05) is 31.3 Å². The zero-order chi connectivity index (χ0) is 16.5. The van der Waals surface area contributed by atoms with Gasteiger partial charge in [0.05, 0.1) is 18.3 Å². The summed E-state index contributed by atoms with van der Waals surface area (Å²) in [4.78, 5) is 6.40. The number of ether oxygens (including phenoxy) is 1. The van der Waals surface area contributed by atoms with E-state index in [0.29, 0.717) is 12.3 Å². The molecule has 0 N–H and O–H groups in total. The first-order chi connectivity index (χ1) is 11.7. The van der Waals surface area contributed by atoms with E-state index < -0.39 is 0 Å². The molecule has 1 aliphatic rings. The average Bonchev–Trinajstić information content (AvgIpc) is 2.77. The van der Waals surface area contributed by atoms with Crippen molar-refractivity contribution in [3.8, 4) is 5.69 Å². The van der Waals surface area contributed by atoms with E-state index in [4.69, 9.17) is 9.84 Å². The molecular weight excluding hydrogens is 307 g/mol. The molecular formula is C18H19FN4O. The van der Waals surface area contributed by atoms with Crippen LogP contribution >= 0.6 is 0 Å². The topological polar surface area (TPSA) is 43.2 Å². The van der Waals surface area contributed by atoms with Crippen LogP contribution in [0.2, 0.25) is 0 Å². The summed E-state index contributed by atoms with van der Waals surface area (Å²) in [7, 11) is 0. The Hall–Kier alpha value is -2.47. The number of fused-ring (bicyclic) bond motifs is 1. The number of anilines is 1. The van der Waals surface area contributed by atoms with Crippen LogP contribution < -0.4 is 4.90 Å². The molecule has 24 heavy (non-hydrogen) atoms. The highest BCUT2D eigenvalue weighted by molar-refractivity contribution is 5.91. The summed E-state index contributed by atoms with van der Waals surface area (Å²) in [6.07, 6.45) is 4.44. The quantitative estimate of drug-likeness (QED) is 0.726. The van der Waals surface area contributed by atoms with Crippen molar-refractivity contribution in [2.75, 3.05) is 31.2 Å². The van der Waals surface area contributed by atoms with E-state index >= 15 is 0 Å². The van der Waals surface area contributed by atoms with Crippen LogP contribution in [0.25, 0.3) is 16.6 Å². The molecule has 124 valence electrons. The highest BCUT2D eigenvalue weighted by Crippen LogP contribution is 2.29.